The summed E-state index contributed by atoms with van der Waals surface area (Å²) < 4.78 is 1.91. The molecular weight excluding hydrogens is 190 g/mol. The van der Waals surface area contributed by atoms with Crippen LogP contribution in [0.3, 0.4) is 0 Å². The molecule has 1 aliphatic rings. The topological polar surface area (TPSA) is 68.2 Å². The second kappa shape index (κ2) is 3.56. The normalized spacial score (nSPS) is 21.0. The number of nitrogens with one attached hydrogen (secondary N) is 1. The zero-order valence-corrected chi connectivity index (χ0v) is 9.41. The van der Waals surface area contributed by atoms with Gasteiger partial charge in [-0.3, -0.25) is 9.67 Å². The minimum atomic E-state index is 0.260. The van der Waals surface area contributed by atoms with E-state index in [1.165, 1.54) is 11.3 Å². The molecule has 1 aliphatic heterocycles. The summed E-state index contributed by atoms with van der Waals surface area (Å²) in [6.45, 7) is 4.90. The van der Waals surface area contributed by atoms with Crippen LogP contribution in [0.2, 0.25) is 0 Å². The molecule has 0 saturated carbocycles. The van der Waals surface area contributed by atoms with Crippen molar-refractivity contribution >= 4 is 5.96 Å². The number of hydrogen-bond donors (Lipinski definition) is 2. The molecule has 0 spiro atoms. The summed E-state index contributed by atoms with van der Waals surface area (Å²) in [7, 11) is 1.96. The smallest absolute Gasteiger partial charge is 0.189 e. The molecule has 1 unspecified atom stereocenters. The van der Waals surface area contributed by atoms with Gasteiger partial charge in [0, 0.05) is 24.8 Å². The Balaban J connectivity index is 2.33. The standard InChI is InChI=1S/C10H17N5/c1-6-9(7(2)15(3)14-6)8-4-5-12-10(11)13-8/h8H,4-5H2,1-3H3,(H3,11,12,13). The third-order valence-corrected chi connectivity index (χ3v) is 2.94. The average Bonchev–Trinajstić information content (AvgIpc) is 2.41. The van der Waals surface area contributed by atoms with Crippen LogP contribution in [0.4, 0.5) is 0 Å². The zero-order valence-electron chi connectivity index (χ0n) is 9.41. The molecule has 5 nitrogen and oxygen atoms in total. The van der Waals surface area contributed by atoms with Crippen molar-refractivity contribution in [2.45, 2.75) is 26.3 Å². The van der Waals surface area contributed by atoms with Crippen LogP contribution in [0.15, 0.2) is 4.99 Å². The molecular formula is C10H17N5. The summed E-state index contributed by atoms with van der Waals surface area (Å²) >= 11 is 0. The molecule has 0 radical (unpaired) electrons. The van der Waals surface area contributed by atoms with E-state index in [9.17, 15) is 0 Å². The van der Waals surface area contributed by atoms with Crippen LogP contribution >= 0.6 is 0 Å². The Kier molecular flexibility index (Phi) is 2.38. The fourth-order valence-electron chi connectivity index (χ4n) is 2.12. The maximum absolute atomic E-state index is 5.68. The molecule has 0 bridgehead atoms. The van der Waals surface area contributed by atoms with Gasteiger partial charge >= 0.3 is 0 Å². The van der Waals surface area contributed by atoms with Crippen LogP contribution < -0.4 is 11.1 Å². The lowest BCUT2D eigenvalue weighted by Crippen LogP contribution is -2.39. The Bertz CT molecular complexity index is 404. The van der Waals surface area contributed by atoms with E-state index in [4.69, 9.17) is 5.73 Å². The van der Waals surface area contributed by atoms with Crippen molar-refractivity contribution in [2.24, 2.45) is 17.8 Å². The van der Waals surface area contributed by atoms with Gasteiger partial charge in [0.1, 0.15) is 0 Å². The first-order valence-corrected chi connectivity index (χ1v) is 5.16. The molecule has 0 saturated heterocycles. The molecule has 1 aromatic rings. The van der Waals surface area contributed by atoms with Gasteiger partial charge in [-0.1, -0.05) is 0 Å². The first kappa shape index (κ1) is 10.0. The van der Waals surface area contributed by atoms with Gasteiger partial charge in [0.2, 0.25) is 0 Å². The molecule has 82 valence electrons. The summed E-state index contributed by atoms with van der Waals surface area (Å²) in [5.74, 6) is 0.536. The van der Waals surface area contributed by atoms with Gasteiger partial charge < -0.3 is 11.1 Å². The molecule has 1 atom stereocenters. The van der Waals surface area contributed by atoms with Crippen LogP contribution in [-0.2, 0) is 7.05 Å². The zero-order chi connectivity index (χ0) is 11.0. The van der Waals surface area contributed by atoms with Gasteiger partial charge in [0.15, 0.2) is 5.96 Å². The van der Waals surface area contributed by atoms with Crippen LogP contribution in [0, 0.1) is 13.8 Å². The van der Waals surface area contributed by atoms with E-state index in [1.807, 2.05) is 18.7 Å². The minimum absolute atomic E-state index is 0.260. The molecule has 5 heteroatoms. The maximum atomic E-state index is 5.68. The van der Waals surface area contributed by atoms with Gasteiger partial charge in [0.05, 0.1) is 11.7 Å². The maximum Gasteiger partial charge on any atom is 0.189 e. The molecule has 0 aromatic carbocycles. The number of nitrogens with two attached hydrogens (primary N) is 1. The van der Waals surface area contributed by atoms with Gasteiger partial charge in [-0.05, 0) is 20.3 Å². The van der Waals surface area contributed by atoms with Gasteiger partial charge in [-0.2, -0.15) is 5.10 Å². The second-order valence-electron chi connectivity index (χ2n) is 3.96. The van der Waals surface area contributed by atoms with Crippen molar-refractivity contribution in [3.05, 3.63) is 17.0 Å². The second-order valence-corrected chi connectivity index (χ2v) is 3.96. The number of rotatable bonds is 1. The minimum Gasteiger partial charge on any atom is -0.370 e. The van der Waals surface area contributed by atoms with Crippen LogP contribution in [-0.4, -0.2) is 22.3 Å². The number of aliphatic imine (C=N–C) groups is 1. The predicted octanol–water partition coefficient (Wildman–Crippen LogP) is 0.386. The fraction of sp³-hybridized carbons (Fsp3) is 0.600. The monoisotopic (exact) mass is 207 g/mol. The highest BCUT2D eigenvalue weighted by Crippen LogP contribution is 2.24. The van der Waals surface area contributed by atoms with Gasteiger partial charge in [-0.15, -0.1) is 0 Å². The SMILES string of the molecule is Cc1nn(C)c(C)c1C1CCN=C(N)N1. The van der Waals surface area contributed by atoms with Crippen molar-refractivity contribution < 1.29 is 0 Å². The quantitative estimate of drug-likeness (QED) is 0.699. The Morgan fingerprint density at radius 2 is 2.20 bits per heavy atom. The average molecular weight is 207 g/mol. The lowest BCUT2D eigenvalue weighted by Gasteiger charge is -2.23. The predicted molar refractivity (Wildman–Crippen MR) is 59.7 cm³/mol. The van der Waals surface area contributed by atoms with Crippen LogP contribution in [0.25, 0.3) is 0 Å². The van der Waals surface area contributed by atoms with Crippen molar-refractivity contribution in [1.29, 1.82) is 0 Å². The van der Waals surface area contributed by atoms with E-state index >= 15 is 0 Å². The number of aryl methyl sites for hydroxylation is 2. The Morgan fingerprint density at radius 3 is 2.73 bits per heavy atom. The highest BCUT2D eigenvalue weighted by molar-refractivity contribution is 5.79. The van der Waals surface area contributed by atoms with Crippen molar-refractivity contribution in [3.63, 3.8) is 0 Å². The molecule has 15 heavy (non-hydrogen) atoms. The van der Waals surface area contributed by atoms with E-state index in [0.29, 0.717) is 5.96 Å². The summed E-state index contributed by atoms with van der Waals surface area (Å²) in [5.41, 5.74) is 9.21. The van der Waals surface area contributed by atoms with Gasteiger partial charge in [0.25, 0.3) is 0 Å². The van der Waals surface area contributed by atoms with Gasteiger partial charge in [-0.25, -0.2) is 0 Å². The molecule has 2 heterocycles. The summed E-state index contributed by atoms with van der Waals surface area (Å²) in [6.07, 6.45) is 0.980. The van der Waals surface area contributed by atoms with E-state index in [-0.39, 0.29) is 6.04 Å². The Morgan fingerprint density at radius 1 is 1.47 bits per heavy atom. The van der Waals surface area contributed by atoms with Crippen LogP contribution in [0.5, 0.6) is 0 Å². The van der Waals surface area contributed by atoms with E-state index in [1.54, 1.807) is 0 Å². The van der Waals surface area contributed by atoms with E-state index in [0.717, 1.165) is 18.7 Å². The lowest BCUT2D eigenvalue weighted by atomic mass is 10.0. The molecule has 3 N–H and O–H groups in total. The van der Waals surface area contributed by atoms with Crippen molar-refractivity contribution in [2.75, 3.05) is 6.54 Å². The number of aromatic nitrogens is 2. The Labute approximate surface area is 89.4 Å². The van der Waals surface area contributed by atoms with E-state index < -0.39 is 0 Å². The largest absolute Gasteiger partial charge is 0.370 e. The highest BCUT2D eigenvalue weighted by atomic mass is 15.3. The molecule has 0 amide bonds. The third-order valence-electron chi connectivity index (χ3n) is 2.94. The van der Waals surface area contributed by atoms with E-state index in [2.05, 4.69) is 22.3 Å². The highest BCUT2D eigenvalue weighted by Gasteiger charge is 2.22. The number of nitrogens with zero attached hydrogens (tertiary/aromatic N) is 3. The van der Waals surface area contributed by atoms with Crippen LogP contribution in [0.1, 0.15) is 29.4 Å². The van der Waals surface area contributed by atoms with Crippen molar-refractivity contribution in [3.8, 4) is 0 Å². The third kappa shape index (κ3) is 1.69. The summed E-state index contributed by atoms with van der Waals surface area (Å²) in [4.78, 5) is 4.13. The first-order valence-electron chi connectivity index (χ1n) is 5.16. The Hall–Kier alpha value is -1.52. The molecule has 1 aromatic heterocycles. The summed E-state index contributed by atoms with van der Waals surface area (Å²) in [5, 5.41) is 7.61. The fourth-order valence-corrected chi connectivity index (χ4v) is 2.12. The lowest BCUT2D eigenvalue weighted by molar-refractivity contribution is 0.562. The molecule has 2 rings (SSSR count). The summed E-state index contributed by atoms with van der Waals surface area (Å²) in [6, 6.07) is 0.260. The number of guanidine groups is 1. The molecule has 0 fully saturated rings. The number of hydrogen-bond acceptors (Lipinski definition) is 4. The van der Waals surface area contributed by atoms with Crippen molar-refractivity contribution in [1.82, 2.24) is 15.1 Å². The first-order chi connectivity index (χ1) is 7.09. The molecule has 0 aliphatic carbocycles.